The number of rotatable bonds is 9. The molecule has 198 valence electrons. The van der Waals surface area contributed by atoms with Crippen LogP contribution in [0.4, 0.5) is 5.69 Å². The Morgan fingerprint density at radius 3 is 2.18 bits per heavy atom. The Bertz CT molecular complexity index is 1230. The number of nitrogens with zero attached hydrogens (tertiary/aromatic N) is 2. The topological polar surface area (TPSA) is 97.4 Å². The maximum atomic E-state index is 12.7. The molecule has 1 aliphatic rings. The van der Waals surface area contributed by atoms with E-state index >= 15 is 0 Å². The van der Waals surface area contributed by atoms with Gasteiger partial charge in [-0.3, -0.25) is 19.4 Å². The summed E-state index contributed by atoms with van der Waals surface area (Å²) < 4.78 is 15.6. The fourth-order valence-electron chi connectivity index (χ4n) is 4.30. The number of ether oxygens (including phenoxy) is 3. The van der Waals surface area contributed by atoms with Gasteiger partial charge in [0.05, 0.1) is 26.3 Å². The van der Waals surface area contributed by atoms with E-state index in [1.54, 1.807) is 36.4 Å². The number of nitrogens with one attached hydrogen (secondary N) is 1. The Hall–Kier alpha value is -4.21. The zero-order chi connectivity index (χ0) is 26.9. The number of carbonyl (C=O) groups is 3. The Labute approximate surface area is 221 Å². The van der Waals surface area contributed by atoms with Gasteiger partial charge in [0, 0.05) is 31.9 Å². The molecule has 9 heteroatoms. The van der Waals surface area contributed by atoms with E-state index in [2.05, 4.69) is 5.32 Å². The molecule has 1 amide bonds. The lowest BCUT2D eigenvalue weighted by atomic mass is 10.1. The second-order valence-corrected chi connectivity index (χ2v) is 8.92. The van der Waals surface area contributed by atoms with E-state index in [4.69, 9.17) is 14.2 Å². The Kier molecular flexibility index (Phi) is 9.07. The molecule has 9 nitrogen and oxygen atoms in total. The van der Waals surface area contributed by atoms with Crippen LogP contribution < -0.4 is 10.1 Å². The minimum Gasteiger partial charge on any atom is -0.468 e. The molecule has 3 aromatic rings. The molecule has 0 aromatic heterocycles. The second kappa shape index (κ2) is 12.8. The molecule has 1 unspecified atom stereocenters. The number of piperazine rings is 1. The summed E-state index contributed by atoms with van der Waals surface area (Å²) in [6, 6.07) is 23.2. The van der Waals surface area contributed by atoms with Gasteiger partial charge in [-0.1, -0.05) is 30.3 Å². The van der Waals surface area contributed by atoms with E-state index in [1.165, 1.54) is 14.2 Å². The number of benzene rings is 3. The van der Waals surface area contributed by atoms with Gasteiger partial charge < -0.3 is 19.5 Å². The summed E-state index contributed by atoms with van der Waals surface area (Å²) in [7, 11) is 2.71. The zero-order valence-electron chi connectivity index (χ0n) is 21.5. The molecule has 0 aliphatic carbocycles. The number of esters is 2. The van der Waals surface area contributed by atoms with Gasteiger partial charge in [-0.05, 0) is 54.1 Å². The molecular weight excluding hydrogens is 486 g/mol. The Morgan fingerprint density at radius 2 is 1.53 bits per heavy atom. The number of anilines is 1. The van der Waals surface area contributed by atoms with Crippen molar-refractivity contribution in [1.29, 1.82) is 0 Å². The molecule has 38 heavy (non-hydrogen) atoms. The van der Waals surface area contributed by atoms with Gasteiger partial charge in [-0.25, -0.2) is 4.79 Å². The van der Waals surface area contributed by atoms with E-state index in [0.29, 0.717) is 43.2 Å². The highest BCUT2D eigenvalue weighted by molar-refractivity contribution is 5.92. The Morgan fingerprint density at radius 1 is 0.842 bits per heavy atom. The van der Waals surface area contributed by atoms with Crippen molar-refractivity contribution < 1.29 is 28.6 Å². The van der Waals surface area contributed by atoms with Gasteiger partial charge >= 0.3 is 11.9 Å². The highest BCUT2D eigenvalue weighted by Gasteiger charge is 2.33. The summed E-state index contributed by atoms with van der Waals surface area (Å²) in [5.74, 6) is 0.493. The third-order valence-electron chi connectivity index (χ3n) is 6.29. The van der Waals surface area contributed by atoms with E-state index < -0.39 is 12.0 Å². The average Bonchev–Trinajstić information content (AvgIpc) is 2.95. The summed E-state index contributed by atoms with van der Waals surface area (Å²) >= 11 is 0. The molecule has 0 bridgehead atoms. The third kappa shape index (κ3) is 7.18. The van der Waals surface area contributed by atoms with Crippen molar-refractivity contribution in [3.05, 3.63) is 90.0 Å². The lowest BCUT2D eigenvalue weighted by molar-refractivity contribution is -0.150. The molecule has 1 aliphatic heterocycles. The van der Waals surface area contributed by atoms with Crippen molar-refractivity contribution in [3.8, 4) is 11.5 Å². The molecule has 0 saturated carbocycles. The van der Waals surface area contributed by atoms with Crippen LogP contribution in [0.3, 0.4) is 0 Å². The van der Waals surface area contributed by atoms with E-state index in [9.17, 15) is 14.4 Å². The molecule has 1 heterocycles. The summed E-state index contributed by atoms with van der Waals surface area (Å²) in [5.41, 5.74) is 2.08. The third-order valence-corrected chi connectivity index (χ3v) is 6.29. The quantitative estimate of drug-likeness (QED) is 0.431. The van der Waals surface area contributed by atoms with Crippen LogP contribution in [0.15, 0.2) is 78.9 Å². The van der Waals surface area contributed by atoms with Crippen molar-refractivity contribution in [2.45, 2.75) is 12.6 Å². The number of hydrogen-bond acceptors (Lipinski definition) is 8. The highest BCUT2D eigenvalue weighted by Crippen LogP contribution is 2.23. The summed E-state index contributed by atoms with van der Waals surface area (Å²) in [5, 5.41) is 2.90. The van der Waals surface area contributed by atoms with Crippen LogP contribution >= 0.6 is 0 Å². The monoisotopic (exact) mass is 517 g/mol. The lowest BCUT2D eigenvalue weighted by Crippen LogP contribution is -2.57. The number of hydrogen-bond donors (Lipinski definition) is 1. The molecule has 1 N–H and O–H groups in total. The smallest absolute Gasteiger partial charge is 0.337 e. The van der Waals surface area contributed by atoms with Crippen LogP contribution in [0.25, 0.3) is 0 Å². The van der Waals surface area contributed by atoms with Gasteiger partial charge in [-0.2, -0.15) is 0 Å². The van der Waals surface area contributed by atoms with E-state index in [0.717, 1.165) is 11.3 Å². The number of para-hydroxylation sites is 1. The van der Waals surface area contributed by atoms with Crippen LogP contribution in [0.1, 0.15) is 15.9 Å². The average molecular weight is 518 g/mol. The van der Waals surface area contributed by atoms with Gasteiger partial charge in [0.15, 0.2) is 0 Å². The Balaban J connectivity index is 1.31. The highest BCUT2D eigenvalue weighted by atomic mass is 16.5. The summed E-state index contributed by atoms with van der Waals surface area (Å²) in [6.07, 6.45) is 0. The lowest BCUT2D eigenvalue weighted by Gasteiger charge is -2.39. The van der Waals surface area contributed by atoms with Gasteiger partial charge in [0.25, 0.3) is 0 Å². The van der Waals surface area contributed by atoms with Crippen molar-refractivity contribution in [3.63, 3.8) is 0 Å². The number of carbonyl (C=O) groups excluding carboxylic acids is 3. The molecule has 1 fully saturated rings. The maximum Gasteiger partial charge on any atom is 0.337 e. The minimum atomic E-state index is -0.517. The predicted octanol–water partition coefficient (Wildman–Crippen LogP) is 3.56. The van der Waals surface area contributed by atoms with Crippen molar-refractivity contribution in [2.24, 2.45) is 0 Å². The first-order chi connectivity index (χ1) is 18.4. The zero-order valence-corrected chi connectivity index (χ0v) is 21.5. The maximum absolute atomic E-state index is 12.7. The van der Waals surface area contributed by atoms with Crippen LogP contribution in [0.5, 0.6) is 11.5 Å². The number of methoxy groups -OCH3 is 2. The van der Waals surface area contributed by atoms with Gasteiger partial charge in [0.2, 0.25) is 5.91 Å². The molecular formula is C29H31N3O6. The summed E-state index contributed by atoms with van der Waals surface area (Å²) in [6.45, 7) is 2.22. The minimum absolute atomic E-state index is 0.150. The van der Waals surface area contributed by atoms with Crippen LogP contribution in [0, 0.1) is 0 Å². The molecule has 1 saturated heterocycles. The van der Waals surface area contributed by atoms with Crippen LogP contribution in [-0.2, 0) is 25.6 Å². The molecule has 4 rings (SSSR count). The first-order valence-electron chi connectivity index (χ1n) is 12.3. The van der Waals surface area contributed by atoms with Gasteiger partial charge in [0.1, 0.15) is 17.5 Å². The predicted molar refractivity (Wildman–Crippen MR) is 142 cm³/mol. The van der Waals surface area contributed by atoms with Crippen molar-refractivity contribution >= 4 is 23.5 Å². The van der Waals surface area contributed by atoms with Crippen molar-refractivity contribution in [2.75, 3.05) is 45.7 Å². The largest absolute Gasteiger partial charge is 0.468 e. The van der Waals surface area contributed by atoms with E-state index in [1.807, 2.05) is 52.3 Å². The standard InChI is InChI=1S/C29H31N3O6/c1-36-28(34)22-10-8-21(9-11-22)18-32-17-16-31(19-26(32)29(35)37-2)20-27(33)30-23-12-14-25(15-13-23)38-24-6-4-3-5-7-24/h3-15,26H,16-20H2,1-2H3,(H,30,33). The molecule has 0 radical (unpaired) electrons. The van der Waals surface area contributed by atoms with Crippen LogP contribution in [-0.4, -0.2) is 74.1 Å². The molecule has 1 atom stereocenters. The van der Waals surface area contributed by atoms with E-state index in [-0.39, 0.29) is 18.4 Å². The SMILES string of the molecule is COC(=O)c1ccc(CN2CCN(CC(=O)Nc3ccc(Oc4ccccc4)cc3)CC2C(=O)OC)cc1. The van der Waals surface area contributed by atoms with Crippen molar-refractivity contribution in [1.82, 2.24) is 9.80 Å². The fourth-order valence-corrected chi connectivity index (χ4v) is 4.30. The first-order valence-corrected chi connectivity index (χ1v) is 12.3. The number of amides is 1. The first kappa shape index (κ1) is 26.8. The fraction of sp³-hybridized carbons (Fsp3) is 0.276. The molecule has 0 spiro atoms. The van der Waals surface area contributed by atoms with Crippen LogP contribution in [0.2, 0.25) is 0 Å². The second-order valence-electron chi connectivity index (χ2n) is 8.92. The molecule has 3 aromatic carbocycles. The normalized spacial score (nSPS) is 15.9. The summed E-state index contributed by atoms with van der Waals surface area (Å²) in [4.78, 5) is 41.0. The van der Waals surface area contributed by atoms with Gasteiger partial charge in [-0.15, -0.1) is 0 Å².